The normalized spacial score (nSPS) is 13.6. The SMILES string of the molecule is CC(OCCCc1cccc(N)c1)C(F)(F)F. The van der Waals surface area contributed by atoms with Gasteiger partial charge in [0.1, 0.15) is 0 Å². The van der Waals surface area contributed by atoms with Gasteiger partial charge in [0.25, 0.3) is 0 Å². The molecule has 0 amide bonds. The molecule has 2 nitrogen and oxygen atoms in total. The molecule has 1 rings (SSSR count). The van der Waals surface area contributed by atoms with Crippen molar-refractivity contribution in [1.29, 1.82) is 0 Å². The summed E-state index contributed by atoms with van der Waals surface area (Å²) in [7, 11) is 0. The van der Waals surface area contributed by atoms with E-state index in [1.54, 1.807) is 6.07 Å². The number of ether oxygens (including phenoxy) is 1. The molecule has 1 aromatic carbocycles. The molecule has 0 spiro atoms. The maximum atomic E-state index is 12.1. The second-order valence-corrected chi connectivity index (χ2v) is 3.90. The van der Waals surface area contributed by atoms with Crippen LogP contribution in [0.15, 0.2) is 24.3 Å². The zero-order chi connectivity index (χ0) is 12.9. The number of hydrogen-bond acceptors (Lipinski definition) is 2. The Balaban J connectivity index is 2.25. The van der Waals surface area contributed by atoms with E-state index in [1.807, 2.05) is 18.2 Å². The maximum Gasteiger partial charge on any atom is 0.414 e. The Kier molecular flexibility index (Phi) is 4.81. The summed E-state index contributed by atoms with van der Waals surface area (Å²) in [6, 6.07) is 7.30. The zero-order valence-electron chi connectivity index (χ0n) is 9.63. The number of nitrogens with two attached hydrogens (primary N) is 1. The van der Waals surface area contributed by atoms with Crippen molar-refractivity contribution in [2.45, 2.75) is 32.0 Å². The minimum absolute atomic E-state index is 0.0927. The number of benzene rings is 1. The number of rotatable bonds is 5. The molecule has 1 atom stereocenters. The van der Waals surface area contributed by atoms with Crippen LogP contribution in [0.1, 0.15) is 18.9 Å². The summed E-state index contributed by atoms with van der Waals surface area (Å²) in [5.41, 5.74) is 7.26. The second-order valence-electron chi connectivity index (χ2n) is 3.90. The van der Waals surface area contributed by atoms with Gasteiger partial charge in [0.05, 0.1) is 0 Å². The molecule has 0 aromatic heterocycles. The standard InChI is InChI=1S/C12H16F3NO/c1-9(12(13,14)15)17-7-3-5-10-4-2-6-11(16)8-10/h2,4,6,8-9H,3,5,7,16H2,1H3. The van der Waals surface area contributed by atoms with Crippen LogP contribution in [0.5, 0.6) is 0 Å². The summed E-state index contributed by atoms with van der Waals surface area (Å²) in [4.78, 5) is 0. The number of alkyl halides is 3. The van der Waals surface area contributed by atoms with E-state index in [9.17, 15) is 13.2 Å². The van der Waals surface area contributed by atoms with Gasteiger partial charge < -0.3 is 10.5 Å². The number of anilines is 1. The molecule has 0 heterocycles. The summed E-state index contributed by atoms with van der Waals surface area (Å²) in [5.74, 6) is 0. The summed E-state index contributed by atoms with van der Waals surface area (Å²) >= 11 is 0. The van der Waals surface area contributed by atoms with E-state index in [0.717, 1.165) is 12.5 Å². The zero-order valence-corrected chi connectivity index (χ0v) is 9.63. The first-order valence-corrected chi connectivity index (χ1v) is 5.42. The second kappa shape index (κ2) is 5.91. The van der Waals surface area contributed by atoms with Gasteiger partial charge in [-0.1, -0.05) is 12.1 Å². The maximum absolute atomic E-state index is 12.1. The molecule has 0 radical (unpaired) electrons. The summed E-state index contributed by atoms with van der Waals surface area (Å²) in [5, 5.41) is 0. The van der Waals surface area contributed by atoms with Gasteiger partial charge in [0.2, 0.25) is 0 Å². The van der Waals surface area contributed by atoms with Crippen LogP contribution < -0.4 is 5.73 Å². The van der Waals surface area contributed by atoms with E-state index >= 15 is 0 Å². The van der Waals surface area contributed by atoms with E-state index < -0.39 is 12.3 Å². The van der Waals surface area contributed by atoms with E-state index in [2.05, 4.69) is 0 Å². The van der Waals surface area contributed by atoms with Gasteiger partial charge in [0.15, 0.2) is 6.10 Å². The Labute approximate surface area is 98.6 Å². The molecule has 0 saturated carbocycles. The highest BCUT2D eigenvalue weighted by Gasteiger charge is 2.36. The molecular formula is C12H16F3NO. The third kappa shape index (κ3) is 5.08. The molecule has 5 heteroatoms. The van der Waals surface area contributed by atoms with Crippen LogP contribution in [0.2, 0.25) is 0 Å². The first-order valence-electron chi connectivity index (χ1n) is 5.42. The van der Waals surface area contributed by atoms with Gasteiger partial charge in [-0.25, -0.2) is 0 Å². The molecule has 0 aliphatic carbocycles. The van der Waals surface area contributed by atoms with Crippen molar-refractivity contribution in [2.24, 2.45) is 0 Å². The highest BCUT2D eigenvalue weighted by atomic mass is 19.4. The molecule has 1 aromatic rings. The molecule has 2 N–H and O–H groups in total. The fraction of sp³-hybridized carbons (Fsp3) is 0.500. The first kappa shape index (κ1) is 13.8. The van der Waals surface area contributed by atoms with Crippen molar-refractivity contribution in [2.75, 3.05) is 12.3 Å². The smallest absolute Gasteiger partial charge is 0.399 e. The van der Waals surface area contributed by atoms with Crippen molar-refractivity contribution >= 4 is 5.69 Å². The van der Waals surface area contributed by atoms with E-state index in [1.165, 1.54) is 0 Å². The molecular weight excluding hydrogens is 231 g/mol. The van der Waals surface area contributed by atoms with Crippen LogP contribution in [-0.2, 0) is 11.2 Å². The molecule has 0 aliphatic heterocycles. The Bertz CT molecular complexity index is 352. The van der Waals surface area contributed by atoms with Crippen molar-refractivity contribution in [3.05, 3.63) is 29.8 Å². The number of aryl methyl sites for hydroxylation is 1. The summed E-state index contributed by atoms with van der Waals surface area (Å²) in [6.45, 7) is 1.11. The molecule has 0 bridgehead atoms. The lowest BCUT2D eigenvalue weighted by Crippen LogP contribution is -2.28. The van der Waals surface area contributed by atoms with Crippen LogP contribution in [0.3, 0.4) is 0 Å². The first-order chi connectivity index (χ1) is 7.89. The predicted octanol–water partition coefficient (Wildman–Crippen LogP) is 3.17. The third-order valence-corrected chi connectivity index (χ3v) is 2.39. The highest BCUT2D eigenvalue weighted by molar-refractivity contribution is 5.40. The summed E-state index contributed by atoms with van der Waals surface area (Å²) < 4.78 is 41.0. The Morgan fingerprint density at radius 1 is 1.35 bits per heavy atom. The molecule has 1 unspecified atom stereocenters. The van der Waals surface area contributed by atoms with Crippen molar-refractivity contribution in [3.8, 4) is 0 Å². The quantitative estimate of drug-likeness (QED) is 0.640. The van der Waals surface area contributed by atoms with Crippen molar-refractivity contribution in [1.82, 2.24) is 0 Å². The van der Waals surface area contributed by atoms with Crippen LogP contribution in [0.25, 0.3) is 0 Å². The average molecular weight is 247 g/mol. The topological polar surface area (TPSA) is 35.2 Å². The lowest BCUT2D eigenvalue weighted by Gasteiger charge is -2.16. The monoisotopic (exact) mass is 247 g/mol. The fourth-order valence-corrected chi connectivity index (χ4v) is 1.38. The van der Waals surface area contributed by atoms with Crippen molar-refractivity contribution < 1.29 is 17.9 Å². The average Bonchev–Trinajstić information content (AvgIpc) is 2.23. The number of hydrogen-bond donors (Lipinski definition) is 1. The molecule has 0 saturated heterocycles. The van der Waals surface area contributed by atoms with Gasteiger partial charge in [0, 0.05) is 12.3 Å². The van der Waals surface area contributed by atoms with Crippen molar-refractivity contribution in [3.63, 3.8) is 0 Å². The molecule has 0 fully saturated rings. The minimum Gasteiger partial charge on any atom is -0.399 e. The van der Waals surface area contributed by atoms with Gasteiger partial charge >= 0.3 is 6.18 Å². The minimum atomic E-state index is -4.28. The van der Waals surface area contributed by atoms with Crippen LogP contribution in [0.4, 0.5) is 18.9 Å². The fourth-order valence-electron chi connectivity index (χ4n) is 1.38. The van der Waals surface area contributed by atoms with Gasteiger partial charge in [-0.15, -0.1) is 0 Å². The lowest BCUT2D eigenvalue weighted by atomic mass is 10.1. The van der Waals surface area contributed by atoms with Gasteiger partial charge in [-0.3, -0.25) is 0 Å². The highest BCUT2D eigenvalue weighted by Crippen LogP contribution is 2.22. The largest absolute Gasteiger partial charge is 0.414 e. The van der Waals surface area contributed by atoms with E-state index in [-0.39, 0.29) is 6.61 Å². The molecule has 17 heavy (non-hydrogen) atoms. The number of halogens is 3. The number of nitrogen functional groups attached to an aromatic ring is 1. The van der Waals surface area contributed by atoms with E-state index in [0.29, 0.717) is 18.5 Å². The lowest BCUT2D eigenvalue weighted by molar-refractivity contribution is -0.214. The van der Waals surface area contributed by atoms with Gasteiger partial charge in [-0.05, 0) is 37.5 Å². The van der Waals surface area contributed by atoms with E-state index in [4.69, 9.17) is 10.5 Å². The third-order valence-electron chi connectivity index (χ3n) is 2.39. The van der Waals surface area contributed by atoms with Crippen LogP contribution in [0, 0.1) is 0 Å². The predicted molar refractivity (Wildman–Crippen MR) is 60.6 cm³/mol. The van der Waals surface area contributed by atoms with Crippen LogP contribution in [-0.4, -0.2) is 18.9 Å². The molecule has 96 valence electrons. The Morgan fingerprint density at radius 3 is 2.65 bits per heavy atom. The Morgan fingerprint density at radius 2 is 2.06 bits per heavy atom. The summed E-state index contributed by atoms with van der Waals surface area (Å²) in [6.07, 6.45) is -4.78. The Hall–Kier alpha value is -1.23. The van der Waals surface area contributed by atoms with Gasteiger partial charge in [-0.2, -0.15) is 13.2 Å². The molecule has 0 aliphatic rings. The van der Waals surface area contributed by atoms with Crippen LogP contribution >= 0.6 is 0 Å².